The fraction of sp³-hybridized carbons (Fsp3) is 0.667. The van der Waals surface area contributed by atoms with Crippen LogP contribution >= 0.6 is 0 Å². The third-order valence-corrected chi connectivity index (χ3v) is 6.17. The van der Waals surface area contributed by atoms with Crippen molar-refractivity contribution in [2.24, 2.45) is 0 Å². The summed E-state index contributed by atoms with van der Waals surface area (Å²) in [6.07, 6.45) is 12.3. The van der Waals surface area contributed by atoms with Crippen LogP contribution in [0, 0.1) is 0 Å². The molecule has 2 aromatic rings. The highest BCUT2D eigenvalue weighted by Gasteiger charge is 2.24. The number of pyridine rings is 1. The van der Waals surface area contributed by atoms with Crippen LogP contribution in [0.1, 0.15) is 69.5 Å². The summed E-state index contributed by atoms with van der Waals surface area (Å²) in [4.78, 5) is 14.7. The maximum Gasteiger partial charge on any atom is 0.221 e. The molecule has 1 saturated carbocycles. The Bertz CT molecular complexity index is 742. The van der Waals surface area contributed by atoms with Gasteiger partial charge < -0.3 is 10.2 Å². The second-order valence-corrected chi connectivity index (χ2v) is 8.11. The number of nitrogens with zero attached hydrogens (tertiary/aromatic N) is 4. The molecule has 2 aliphatic rings. The smallest absolute Gasteiger partial charge is 0.221 e. The highest BCUT2D eigenvalue weighted by molar-refractivity contribution is 5.76. The zero-order chi connectivity index (χ0) is 18.5. The second-order valence-electron chi connectivity index (χ2n) is 8.11. The Morgan fingerprint density at radius 3 is 2.59 bits per heavy atom. The monoisotopic (exact) mass is 369 g/mol. The largest absolute Gasteiger partial charge is 0.353 e. The Balaban J connectivity index is 1.22. The van der Waals surface area contributed by atoms with Gasteiger partial charge in [-0.2, -0.15) is 0 Å². The molecule has 27 heavy (non-hydrogen) atoms. The summed E-state index contributed by atoms with van der Waals surface area (Å²) in [6.45, 7) is 2.93. The molecule has 0 aromatic carbocycles. The zero-order valence-electron chi connectivity index (χ0n) is 16.1. The molecule has 4 rings (SSSR count). The molecule has 0 radical (unpaired) electrons. The lowest BCUT2D eigenvalue weighted by Gasteiger charge is -2.31. The van der Waals surface area contributed by atoms with Crippen LogP contribution in [0.2, 0.25) is 0 Å². The second kappa shape index (κ2) is 8.83. The minimum Gasteiger partial charge on any atom is -0.353 e. The fourth-order valence-corrected chi connectivity index (χ4v) is 4.54. The molecule has 1 aliphatic carbocycles. The Kier molecular flexibility index (Phi) is 6.02. The van der Waals surface area contributed by atoms with Crippen molar-refractivity contribution in [3.05, 3.63) is 30.2 Å². The summed E-state index contributed by atoms with van der Waals surface area (Å²) in [5, 5.41) is 12.0. The first-order valence-corrected chi connectivity index (χ1v) is 10.6. The molecule has 0 spiro atoms. The maximum atomic E-state index is 12.3. The van der Waals surface area contributed by atoms with Gasteiger partial charge in [-0.25, -0.2) is 0 Å². The van der Waals surface area contributed by atoms with Crippen LogP contribution in [0.3, 0.4) is 0 Å². The number of carbonyl (C=O) groups excluding carboxylic acids is 1. The highest BCUT2D eigenvalue weighted by Crippen LogP contribution is 2.27. The summed E-state index contributed by atoms with van der Waals surface area (Å²) in [7, 11) is 0. The Labute approximate surface area is 161 Å². The van der Waals surface area contributed by atoms with Gasteiger partial charge in [0.2, 0.25) is 5.91 Å². The van der Waals surface area contributed by atoms with Gasteiger partial charge >= 0.3 is 0 Å². The first-order valence-electron chi connectivity index (χ1n) is 10.6. The highest BCUT2D eigenvalue weighted by atomic mass is 16.1. The number of carbonyl (C=O) groups is 1. The molecule has 146 valence electrons. The number of nitrogens with one attached hydrogen (secondary N) is 1. The molecule has 1 saturated heterocycles. The third-order valence-electron chi connectivity index (χ3n) is 6.17. The van der Waals surface area contributed by atoms with E-state index in [1.807, 2.05) is 18.2 Å². The molecule has 6 nitrogen and oxygen atoms in total. The van der Waals surface area contributed by atoms with Crippen LogP contribution in [0.5, 0.6) is 0 Å². The molecular weight excluding hydrogens is 338 g/mol. The summed E-state index contributed by atoms with van der Waals surface area (Å²) in [5.74, 6) is 1.77. The molecule has 1 aliphatic heterocycles. The van der Waals surface area contributed by atoms with Gasteiger partial charge in [0.25, 0.3) is 0 Å². The maximum absolute atomic E-state index is 12.3. The SMILES string of the molecule is O=C(CCN1CCC(c2nnc3ccccn23)CC1)NC1CCCCCC1. The predicted octanol–water partition coefficient (Wildman–Crippen LogP) is 3.14. The summed E-state index contributed by atoms with van der Waals surface area (Å²) in [5.41, 5.74) is 0.921. The Morgan fingerprint density at radius 1 is 1.04 bits per heavy atom. The van der Waals surface area contributed by atoms with E-state index in [9.17, 15) is 4.79 Å². The number of fused-ring (bicyclic) bond motifs is 1. The first kappa shape index (κ1) is 18.4. The summed E-state index contributed by atoms with van der Waals surface area (Å²) in [6, 6.07) is 6.43. The number of hydrogen-bond acceptors (Lipinski definition) is 4. The lowest BCUT2D eigenvalue weighted by atomic mass is 9.96. The van der Waals surface area contributed by atoms with Crippen molar-refractivity contribution in [1.82, 2.24) is 24.8 Å². The van der Waals surface area contributed by atoms with Gasteiger partial charge in [-0.3, -0.25) is 9.20 Å². The topological polar surface area (TPSA) is 62.5 Å². The first-order chi connectivity index (χ1) is 13.3. The molecule has 2 fully saturated rings. The van der Waals surface area contributed by atoms with Crippen molar-refractivity contribution >= 4 is 11.6 Å². The van der Waals surface area contributed by atoms with E-state index in [0.717, 1.165) is 56.8 Å². The van der Waals surface area contributed by atoms with E-state index < -0.39 is 0 Å². The number of hydrogen-bond donors (Lipinski definition) is 1. The quantitative estimate of drug-likeness (QED) is 0.823. The van der Waals surface area contributed by atoms with Crippen LogP contribution in [-0.4, -0.2) is 51.1 Å². The standard InChI is InChI=1S/C21H31N5O/c27-20(22-18-7-3-1-2-4-8-18)12-16-25-14-10-17(11-15-25)21-24-23-19-9-5-6-13-26(19)21/h5-6,9,13,17-18H,1-4,7-8,10-12,14-16H2,(H,22,27). The fourth-order valence-electron chi connectivity index (χ4n) is 4.54. The zero-order valence-corrected chi connectivity index (χ0v) is 16.1. The van der Waals surface area contributed by atoms with Crippen LogP contribution in [0.25, 0.3) is 5.65 Å². The molecular formula is C21H31N5O. The van der Waals surface area contributed by atoms with E-state index in [1.165, 1.54) is 25.7 Å². The van der Waals surface area contributed by atoms with Crippen molar-refractivity contribution in [2.75, 3.05) is 19.6 Å². The van der Waals surface area contributed by atoms with Crippen LogP contribution in [0.4, 0.5) is 0 Å². The minimum absolute atomic E-state index is 0.229. The van der Waals surface area contributed by atoms with Crippen molar-refractivity contribution in [1.29, 1.82) is 0 Å². The van der Waals surface area contributed by atoms with Gasteiger partial charge in [0.05, 0.1) is 0 Å². The van der Waals surface area contributed by atoms with E-state index in [1.54, 1.807) is 0 Å². The Hall–Kier alpha value is -1.95. The molecule has 0 unspecified atom stereocenters. The van der Waals surface area contributed by atoms with E-state index in [-0.39, 0.29) is 5.91 Å². The average Bonchev–Trinajstić information content (AvgIpc) is 2.97. The van der Waals surface area contributed by atoms with Crippen molar-refractivity contribution in [3.8, 4) is 0 Å². The van der Waals surface area contributed by atoms with Crippen molar-refractivity contribution < 1.29 is 4.79 Å². The van der Waals surface area contributed by atoms with Crippen LogP contribution < -0.4 is 5.32 Å². The normalized spacial score (nSPS) is 20.6. The van der Waals surface area contributed by atoms with Gasteiger partial charge in [0.15, 0.2) is 5.65 Å². The van der Waals surface area contributed by atoms with Gasteiger partial charge in [0.1, 0.15) is 5.82 Å². The van der Waals surface area contributed by atoms with E-state index in [0.29, 0.717) is 18.4 Å². The minimum atomic E-state index is 0.229. The number of amides is 1. The van der Waals surface area contributed by atoms with Crippen LogP contribution in [-0.2, 0) is 4.79 Å². The molecule has 1 N–H and O–H groups in total. The van der Waals surface area contributed by atoms with Gasteiger partial charge in [-0.05, 0) is 50.9 Å². The van der Waals surface area contributed by atoms with Gasteiger partial charge in [0, 0.05) is 31.1 Å². The van der Waals surface area contributed by atoms with E-state index in [4.69, 9.17) is 0 Å². The van der Waals surface area contributed by atoms with Crippen LogP contribution in [0.15, 0.2) is 24.4 Å². The summed E-state index contributed by atoms with van der Waals surface area (Å²) < 4.78 is 2.11. The predicted molar refractivity (Wildman–Crippen MR) is 106 cm³/mol. The van der Waals surface area contributed by atoms with E-state index >= 15 is 0 Å². The lowest BCUT2D eigenvalue weighted by Crippen LogP contribution is -2.39. The number of likely N-dealkylation sites (tertiary alicyclic amines) is 1. The summed E-state index contributed by atoms with van der Waals surface area (Å²) >= 11 is 0. The van der Waals surface area contributed by atoms with Crippen molar-refractivity contribution in [3.63, 3.8) is 0 Å². The van der Waals surface area contributed by atoms with Gasteiger partial charge in [-0.15, -0.1) is 10.2 Å². The lowest BCUT2D eigenvalue weighted by molar-refractivity contribution is -0.122. The molecule has 2 aromatic heterocycles. The molecule has 0 atom stereocenters. The third kappa shape index (κ3) is 4.67. The van der Waals surface area contributed by atoms with Crippen molar-refractivity contribution in [2.45, 2.75) is 69.7 Å². The average molecular weight is 370 g/mol. The molecule has 3 heterocycles. The van der Waals surface area contributed by atoms with E-state index in [2.05, 4.69) is 31.0 Å². The number of piperidine rings is 1. The number of aromatic nitrogens is 3. The molecule has 1 amide bonds. The molecule has 6 heteroatoms. The molecule has 0 bridgehead atoms. The number of rotatable bonds is 5. The Morgan fingerprint density at radius 2 is 1.81 bits per heavy atom. The van der Waals surface area contributed by atoms with Gasteiger partial charge in [-0.1, -0.05) is 31.7 Å².